The molecule has 0 fully saturated rings. The second-order valence-corrected chi connectivity index (χ2v) is 15.5. The molecule has 0 rings (SSSR count). The average Bonchev–Trinajstić information content (AvgIpc) is 3.26. The first-order chi connectivity index (χ1) is 30.0. The molecule has 342 valence electrons. The van der Waals surface area contributed by atoms with E-state index in [1.807, 2.05) is 103 Å². The van der Waals surface area contributed by atoms with E-state index in [0.29, 0.717) is 19.3 Å². The van der Waals surface area contributed by atoms with Crippen LogP contribution in [0.4, 0.5) is 0 Å². The summed E-state index contributed by atoms with van der Waals surface area (Å²) in [5, 5.41) is 0. The van der Waals surface area contributed by atoms with Crippen molar-refractivity contribution in [2.75, 3.05) is 13.2 Å². The number of esters is 3. The monoisotopic (exact) mass is 843 g/mol. The number of unbranched alkanes of at least 4 members (excludes halogenated alkanes) is 18. The minimum Gasteiger partial charge on any atom is -0.462 e. The van der Waals surface area contributed by atoms with Gasteiger partial charge in [0.1, 0.15) is 13.2 Å². The maximum absolute atomic E-state index is 12.8. The third-order valence-corrected chi connectivity index (χ3v) is 9.72. The van der Waals surface area contributed by atoms with Crippen molar-refractivity contribution < 1.29 is 28.6 Å². The van der Waals surface area contributed by atoms with Crippen LogP contribution < -0.4 is 0 Å². The summed E-state index contributed by atoms with van der Waals surface area (Å²) in [6, 6.07) is 0. The van der Waals surface area contributed by atoms with E-state index in [2.05, 4.69) is 39.0 Å². The van der Waals surface area contributed by atoms with Gasteiger partial charge in [-0.3, -0.25) is 14.4 Å². The van der Waals surface area contributed by atoms with E-state index >= 15 is 0 Å². The molecule has 1 atom stereocenters. The van der Waals surface area contributed by atoms with Crippen LogP contribution in [0.5, 0.6) is 0 Å². The fourth-order valence-corrected chi connectivity index (χ4v) is 6.14. The molecule has 0 saturated heterocycles. The highest BCUT2D eigenvalue weighted by molar-refractivity contribution is 5.71. The first-order valence-corrected chi connectivity index (χ1v) is 24.2. The second kappa shape index (κ2) is 48.5. The number of ether oxygens (including phenoxy) is 3. The van der Waals surface area contributed by atoms with E-state index in [1.54, 1.807) is 0 Å². The van der Waals surface area contributed by atoms with Crippen molar-refractivity contribution >= 4 is 17.9 Å². The summed E-state index contributed by atoms with van der Waals surface area (Å²) < 4.78 is 16.7. The van der Waals surface area contributed by atoms with Crippen LogP contribution in [-0.2, 0) is 28.6 Å². The molecule has 0 aliphatic heterocycles. The summed E-state index contributed by atoms with van der Waals surface area (Å²) in [4.78, 5) is 37.9. The largest absolute Gasteiger partial charge is 0.462 e. The normalized spacial score (nSPS) is 13.2. The van der Waals surface area contributed by atoms with E-state index in [9.17, 15) is 14.4 Å². The lowest BCUT2D eigenvalue weighted by molar-refractivity contribution is -0.167. The summed E-state index contributed by atoms with van der Waals surface area (Å²) in [6.07, 6.45) is 66.1. The average molecular weight is 843 g/mol. The number of hydrogen-bond acceptors (Lipinski definition) is 6. The van der Waals surface area contributed by atoms with Gasteiger partial charge in [0, 0.05) is 19.3 Å². The molecule has 0 amide bonds. The van der Waals surface area contributed by atoms with Crippen LogP contribution in [0.1, 0.15) is 188 Å². The predicted octanol–water partition coefficient (Wildman–Crippen LogP) is 15.7. The molecule has 0 aromatic heterocycles. The number of carbonyl (C=O) groups is 3. The lowest BCUT2D eigenvalue weighted by Gasteiger charge is -2.18. The minimum absolute atomic E-state index is 0.125. The summed E-state index contributed by atoms with van der Waals surface area (Å²) >= 11 is 0. The van der Waals surface area contributed by atoms with E-state index in [0.717, 1.165) is 64.2 Å². The van der Waals surface area contributed by atoms with Gasteiger partial charge in [0.2, 0.25) is 0 Å². The quantitative estimate of drug-likeness (QED) is 0.0264. The highest BCUT2D eigenvalue weighted by atomic mass is 16.6. The van der Waals surface area contributed by atoms with Crippen LogP contribution >= 0.6 is 0 Å². The molecule has 6 nitrogen and oxygen atoms in total. The second-order valence-electron chi connectivity index (χ2n) is 15.5. The van der Waals surface area contributed by atoms with Crippen molar-refractivity contribution in [2.45, 2.75) is 194 Å². The Balaban J connectivity index is 4.58. The molecule has 0 bridgehead atoms. The third-order valence-electron chi connectivity index (χ3n) is 9.72. The molecular formula is C55H86O6. The summed E-state index contributed by atoms with van der Waals surface area (Å²) in [5.41, 5.74) is 0. The van der Waals surface area contributed by atoms with E-state index in [4.69, 9.17) is 14.2 Å². The summed E-state index contributed by atoms with van der Waals surface area (Å²) in [5.74, 6) is -1.05. The van der Waals surface area contributed by atoms with Gasteiger partial charge in [-0.1, -0.05) is 239 Å². The Morgan fingerprint density at radius 2 is 0.656 bits per heavy atom. The first kappa shape index (κ1) is 56.8. The highest BCUT2D eigenvalue weighted by Gasteiger charge is 2.19. The van der Waals surface area contributed by atoms with Gasteiger partial charge in [-0.25, -0.2) is 0 Å². The van der Waals surface area contributed by atoms with Crippen molar-refractivity contribution in [3.05, 3.63) is 122 Å². The zero-order valence-electron chi connectivity index (χ0n) is 38.9. The fraction of sp³-hybridized carbons (Fsp3) is 0.582. The first-order valence-electron chi connectivity index (χ1n) is 24.2. The molecule has 0 saturated carbocycles. The molecule has 0 aliphatic carbocycles. The Kier molecular flexibility index (Phi) is 45.1. The Bertz CT molecular complexity index is 1340. The Hall–Kier alpha value is -4.19. The van der Waals surface area contributed by atoms with Crippen LogP contribution in [0, 0.1) is 0 Å². The van der Waals surface area contributed by atoms with Crippen molar-refractivity contribution in [1.29, 1.82) is 0 Å². The van der Waals surface area contributed by atoms with Gasteiger partial charge in [0.15, 0.2) is 6.10 Å². The van der Waals surface area contributed by atoms with Gasteiger partial charge in [-0.15, -0.1) is 0 Å². The van der Waals surface area contributed by atoms with Crippen molar-refractivity contribution in [1.82, 2.24) is 0 Å². The lowest BCUT2D eigenvalue weighted by Crippen LogP contribution is -2.30. The lowest BCUT2D eigenvalue weighted by atomic mass is 10.0. The Morgan fingerprint density at radius 1 is 0.344 bits per heavy atom. The van der Waals surface area contributed by atoms with Crippen LogP contribution in [-0.4, -0.2) is 37.2 Å². The maximum atomic E-state index is 12.8. The molecule has 1 unspecified atom stereocenters. The van der Waals surface area contributed by atoms with Crippen molar-refractivity contribution in [2.24, 2.45) is 0 Å². The number of rotatable bonds is 41. The Morgan fingerprint density at radius 3 is 1.07 bits per heavy atom. The molecule has 0 aromatic rings. The zero-order chi connectivity index (χ0) is 44.4. The van der Waals surface area contributed by atoms with Gasteiger partial charge in [0.05, 0.1) is 0 Å². The smallest absolute Gasteiger partial charge is 0.306 e. The molecule has 0 aromatic carbocycles. The summed E-state index contributed by atoms with van der Waals surface area (Å²) in [7, 11) is 0. The predicted molar refractivity (Wildman–Crippen MR) is 260 cm³/mol. The molecule has 0 spiro atoms. The summed E-state index contributed by atoms with van der Waals surface area (Å²) in [6.45, 7) is 6.23. The standard InChI is InChI=1S/C55H86O6/c1-4-7-10-13-16-19-22-25-27-30-33-36-39-42-45-48-54(57)60-51-52(50-59-53(56)47-44-41-38-35-32-29-24-21-18-15-12-9-6-3)61-55(58)49-46-43-40-37-34-31-28-26-23-20-17-14-11-8-5-2/h7,9-10,12-13,15-16,18-19,21-22,24-25,27,29-30,32-33,35,38,52H,4-6,8,11,14,17,20,23,26,28,31,34,36-37,39-51H2,1-3H3/b10-7-,12-9-,16-13-,18-15-,22-19-,24-21-,27-25-,32-29-,33-30-,38-35-. The van der Waals surface area contributed by atoms with Gasteiger partial charge in [0.25, 0.3) is 0 Å². The zero-order valence-corrected chi connectivity index (χ0v) is 38.9. The maximum Gasteiger partial charge on any atom is 0.306 e. The van der Waals surface area contributed by atoms with Crippen LogP contribution in [0.3, 0.4) is 0 Å². The molecule has 6 heteroatoms. The molecule has 0 radical (unpaired) electrons. The van der Waals surface area contributed by atoms with Crippen LogP contribution in [0.2, 0.25) is 0 Å². The fourth-order valence-electron chi connectivity index (χ4n) is 6.14. The van der Waals surface area contributed by atoms with Crippen LogP contribution in [0.15, 0.2) is 122 Å². The number of carbonyl (C=O) groups excluding carboxylic acids is 3. The number of allylic oxidation sites excluding steroid dienone is 20. The van der Waals surface area contributed by atoms with E-state index in [-0.39, 0.29) is 37.5 Å². The highest BCUT2D eigenvalue weighted by Crippen LogP contribution is 2.14. The SMILES string of the molecule is CC\C=C/C=C\C=C/C=C\C=C/CCCCCC(=O)OCC(COC(=O)CCC\C=C/C=C\C=C/C=C\C=C/CC)OC(=O)CCCCCCCCCCCCCCCCC. The Labute approximate surface area is 373 Å². The van der Waals surface area contributed by atoms with Gasteiger partial charge >= 0.3 is 17.9 Å². The molecular weight excluding hydrogens is 757 g/mol. The molecule has 0 N–H and O–H groups in total. The van der Waals surface area contributed by atoms with E-state index < -0.39 is 6.10 Å². The molecule has 0 heterocycles. The topological polar surface area (TPSA) is 78.9 Å². The minimum atomic E-state index is -0.825. The van der Waals surface area contributed by atoms with Gasteiger partial charge in [-0.2, -0.15) is 0 Å². The molecule has 61 heavy (non-hydrogen) atoms. The van der Waals surface area contributed by atoms with E-state index in [1.165, 1.54) is 77.0 Å². The third kappa shape index (κ3) is 46.7. The number of hydrogen-bond donors (Lipinski definition) is 0. The van der Waals surface area contributed by atoms with Crippen LogP contribution in [0.25, 0.3) is 0 Å². The van der Waals surface area contributed by atoms with Crippen molar-refractivity contribution in [3.8, 4) is 0 Å². The van der Waals surface area contributed by atoms with Crippen molar-refractivity contribution in [3.63, 3.8) is 0 Å². The van der Waals surface area contributed by atoms with Gasteiger partial charge < -0.3 is 14.2 Å². The van der Waals surface area contributed by atoms with Gasteiger partial charge in [-0.05, 0) is 51.4 Å². The molecule has 0 aliphatic rings.